The SMILES string of the molecule is COc1ccc(OCCC(N)Cc2cccc(Br)c2)cc1. The van der Waals surface area contributed by atoms with Crippen molar-refractivity contribution in [1.82, 2.24) is 0 Å². The molecular weight excluding hydrogens is 330 g/mol. The molecule has 0 fully saturated rings. The molecule has 0 spiro atoms. The van der Waals surface area contributed by atoms with E-state index in [1.165, 1.54) is 5.56 Å². The summed E-state index contributed by atoms with van der Waals surface area (Å²) in [5.41, 5.74) is 7.39. The Morgan fingerprint density at radius 3 is 2.48 bits per heavy atom. The van der Waals surface area contributed by atoms with Gasteiger partial charge in [-0.05, 0) is 54.8 Å². The van der Waals surface area contributed by atoms with Crippen LogP contribution in [0.5, 0.6) is 11.5 Å². The summed E-state index contributed by atoms with van der Waals surface area (Å²) in [4.78, 5) is 0. The number of rotatable bonds is 7. The van der Waals surface area contributed by atoms with E-state index in [1.54, 1.807) is 7.11 Å². The molecule has 0 aliphatic heterocycles. The van der Waals surface area contributed by atoms with E-state index in [-0.39, 0.29) is 6.04 Å². The smallest absolute Gasteiger partial charge is 0.119 e. The molecule has 0 heterocycles. The van der Waals surface area contributed by atoms with Gasteiger partial charge in [-0.2, -0.15) is 0 Å². The van der Waals surface area contributed by atoms with Crippen molar-refractivity contribution in [3.05, 3.63) is 58.6 Å². The Morgan fingerprint density at radius 2 is 1.81 bits per heavy atom. The highest BCUT2D eigenvalue weighted by atomic mass is 79.9. The molecule has 0 bridgehead atoms. The molecule has 4 heteroatoms. The van der Waals surface area contributed by atoms with Gasteiger partial charge in [0.25, 0.3) is 0 Å². The highest BCUT2D eigenvalue weighted by Crippen LogP contribution is 2.17. The standard InChI is InChI=1S/C17H20BrNO2/c1-20-16-5-7-17(8-6-16)21-10-9-15(19)12-13-3-2-4-14(18)11-13/h2-8,11,15H,9-10,12,19H2,1H3. The van der Waals surface area contributed by atoms with Crippen molar-refractivity contribution < 1.29 is 9.47 Å². The third-order valence-corrected chi connectivity index (χ3v) is 3.70. The molecule has 2 rings (SSSR count). The number of hydrogen-bond donors (Lipinski definition) is 1. The van der Waals surface area contributed by atoms with Crippen LogP contribution < -0.4 is 15.2 Å². The highest BCUT2D eigenvalue weighted by molar-refractivity contribution is 9.10. The molecule has 21 heavy (non-hydrogen) atoms. The summed E-state index contributed by atoms with van der Waals surface area (Å²) in [5.74, 6) is 1.67. The van der Waals surface area contributed by atoms with Gasteiger partial charge >= 0.3 is 0 Å². The van der Waals surface area contributed by atoms with E-state index in [0.717, 1.165) is 28.8 Å². The molecule has 2 aromatic carbocycles. The van der Waals surface area contributed by atoms with Crippen molar-refractivity contribution in [2.24, 2.45) is 5.73 Å². The first-order chi connectivity index (χ1) is 10.2. The first-order valence-corrected chi connectivity index (χ1v) is 7.73. The summed E-state index contributed by atoms with van der Waals surface area (Å²) in [6.07, 6.45) is 1.67. The van der Waals surface area contributed by atoms with E-state index >= 15 is 0 Å². The quantitative estimate of drug-likeness (QED) is 0.826. The van der Waals surface area contributed by atoms with Crippen LogP contribution in [0, 0.1) is 0 Å². The van der Waals surface area contributed by atoms with E-state index in [4.69, 9.17) is 15.2 Å². The van der Waals surface area contributed by atoms with Gasteiger partial charge in [0.15, 0.2) is 0 Å². The van der Waals surface area contributed by atoms with Crippen molar-refractivity contribution in [2.75, 3.05) is 13.7 Å². The number of hydrogen-bond acceptors (Lipinski definition) is 3. The third-order valence-electron chi connectivity index (χ3n) is 3.20. The molecule has 0 radical (unpaired) electrons. The molecule has 0 saturated carbocycles. The van der Waals surface area contributed by atoms with Crippen LogP contribution in [0.15, 0.2) is 53.0 Å². The Balaban J connectivity index is 1.74. The minimum Gasteiger partial charge on any atom is -0.497 e. The molecule has 1 unspecified atom stereocenters. The minimum absolute atomic E-state index is 0.0950. The normalized spacial score (nSPS) is 12.0. The van der Waals surface area contributed by atoms with Crippen molar-refractivity contribution in [2.45, 2.75) is 18.9 Å². The summed E-state index contributed by atoms with van der Waals surface area (Å²) < 4.78 is 11.9. The van der Waals surface area contributed by atoms with Crippen LogP contribution >= 0.6 is 15.9 Å². The van der Waals surface area contributed by atoms with Gasteiger partial charge in [-0.15, -0.1) is 0 Å². The van der Waals surface area contributed by atoms with Crippen LogP contribution in [0.25, 0.3) is 0 Å². The zero-order valence-corrected chi connectivity index (χ0v) is 13.7. The molecule has 2 N–H and O–H groups in total. The van der Waals surface area contributed by atoms with Gasteiger partial charge in [0.05, 0.1) is 13.7 Å². The fourth-order valence-electron chi connectivity index (χ4n) is 2.07. The summed E-state index contributed by atoms with van der Waals surface area (Å²) in [6, 6.07) is 15.9. The van der Waals surface area contributed by atoms with Gasteiger partial charge in [0.2, 0.25) is 0 Å². The Kier molecular flexibility index (Phi) is 6.08. The van der Waals surface area contributed by atoms with Gasteiger partial charge in [-0.3, -0.25) is 0 Å². The fourth-order valence-corrected chi connectivity index (χ4v) is 2.52. The first-order valence-electron chi connectivity index (χ1n) is 6.94. The van der Waals surface area contributed by atoms with E-state index < -0.39 is 0 Å². The molecule has 2 aromatic rings. The van der Waals surface area contributed by atoms with Gasteiger partial charge in [0.1, 0.15) is 11.5 Å². The Labute approximate surface area is 134 Å². The number of ether oxygens (including phenoxy) is 2. The lowest BCUT2D eigenvalue weighted by molar-refractivity contribution is 0.296. The molecule has 0 amide bonds. The van der Waals surface area contributed by atoms with Crippen molar-refractivity contribution in [3.8, 4) is 11.5 Å². The lowest BCUT2D eigenvalue weighted by atomic mass is 10.0. The van der Waals surface area contributed by atoms with E-state index in [0.29, 0.717) is 6.61 Å². The summed E-state index contributed by atoms with van der Waals surface area (Å²) >= 11 is 3.47. The van der Waals surface area contributed by atoms with Gasteiger partial charge < -0.3 is 15.2 Å². The van der Waals surface area contributed by atoms with Crippen molar-refractivity contribution in [3.63, 3.8) is 0 Å². The van der Waals surface area contributed by atoms with Crippen molar-refractivity contribution >= 4 is 15.9 Å². The summed E-state index contributed by atoms with van der Waals surface area (Å²) in [5, 5.41) is 0. The maximum absolute atomic E-state index is 6.15. The molecule has 0 aromatic heterocycles. The third kappa shape index (κ3) is 5.40. The lowest BCUT2D eigenvalue weighted by Crippen LogP contribution is -2.25. The topological polar surface area (TPSA) is 44.5 Å². The molecule has 0 saturated heterocycles. The number of nitrogens with two attached hydrogens (primary N) is 1. The highest BCUT2D eigenvalue weighted by Gasteiger charge is 2.05. The second-order valence-electron chi connectivity index (χ2n) is 4.91. The second-order valence-corrected chi connectivity index (χ2v) is 5.82. The molecule has 1 atom stereocenters. The number of benzene rings is 2. The van der Waals surface area contributed by atoms with Crippen LogP contribution in [0.1, 0.15) is 12.0 Å². The zero-order chi connectivity index (χ0) is 15.1. The number of halogens is 1. The van der Waals surface area contributed by atoms with Gasteiger partial charge in [0, 0.05) is 10.5 Å². The average Bonchev–Trinajstić information content (AvgIpc) is 2.48. The predicted octanol–water partition coefficient (Wildman–Crippen LogP) is 3.80. The molecule has 0 aliphatic rings. The fraction of sp³-hybridized carbons (Fsp3) is 0.294. The van der Waals surface area contributed by atoms with Crippen LogP contribution in [-0.4, -0.2) is 19.8 Å². The lowest BCUT2D eigenvalue weighted by Gasteiger charge is -2.13. The average molecular weight is 350 g/mol. The van der Waals surface area contributed by atoms with Crippen LogP contribution in [0.3, 0.4) is 0 Å². The van der Waals surface area contributed by atoms with Gasteiger partial charge in [-0.25, -0.2) is 0 Å². The molecule has 3 nitrogen and oxygen atoms in total. The number of methoxy groups -OCH3 is 1. The van der Waals surface area contributed by atoms with E-state index in [2.05, 4.69) is 28.1 Å². The minimum atomic E-state index is 0.0950. The zero-order valence-electron chi connectivity index (χ0n) is 12.1. The van der Waals surface area contributed by atoms with Crippen LogP contribution in [0.4, 0.5) is 0 Å². The summed E-state index contributed by atoms with van der Waals surface area (Å²) in [6.45, 7) is 0.613. The van der Waals surface area contributed by atoms with Gasteiger partial charge in [-0.1, -0.05) is 28.1 Å². The monoisotopic (exact) mass is 349 g/mol. The largest absolute Gasteiger partial charge is 0.497 e. The van der Waals surface area contributed by atoms with Crippen LogP contribution in [0.2, 0.25) is 0 Å². The molecule has 112 valence electrons. The summed E-state index contributed by atoms with van der Waals surface area (Å²) in [7, 11) is 1.65. The van der Waals surface area contributed by atoms with E-state index in [9.17, 15) is 0 Å². The van der Waals surface area contributed by atoms with Crippen LogP contribution in [-0.2, 0) is 6.42 Å². The maximum atomic E-state index is 6.15. The van der Waals surface area contributed by atoms with Crippen molar-refractivity contribution in [1.29, 1.82) is 0 Å². The molecule has 0 aliphatic carbocycles. The second kappa shape index (κ2) is 8.05. The Hall–Kier alpha value is -1.52. The Bertz CT molecular complexity index is 557. The molecular formula is C17H20BrNO2. The Morgan fingerprint density at radius 1 is 1.10 bits per heavy atom. The van der Waals surface area contributed by atoms with E-state index in [1.807, 2.05) is 36.4 Å². The predicted molar refractivity (Wildman–Crippen MR) is 88.9 cm³/mol. The maximum Gasteiger partial charge on any atom is 0.119 e. The first kappa shape index (κ1) is 15.9.